The second kappa shape index (κ2) is 7.49. The third-order valence-corrected chi connectivity index (χ3v) is 4.60. The van der Waals surface area contributed by atoms with E-state index in [1.807, 2.05) is 17.5 Å². The fourth-order valence-electron chi connectivity index (χ4n) is 3.28. The highest BCUT2D eigenvalue weighted by Crippen LogP contribution is 2.19. The number of aliphatic hydroxyl groups is 1. The molecule has 0 bridgehead atoms. The molecule has 3 heterocycles. The Labute approximate surface area is 143 Å². The van der Waals surface area contributed by atoms with Crippen LogP contribution >= 0.6 is 0 Å². The monoisotopic (exact) mass is 331 g/mol. The summed E-state index contributed by atoms with van der Waals surface area (Å²) in [5, 5.41) is 17.8. The second-order valence-electron chi connectivity index (χ2n) is 7.15. The van der Waals surface area contributed by atoms with Gasteiger partial charge in [-0.3, -0.25) is 0 Å². The van der Waals surface area contributed by atoms with Crippen molar-refractivity contribution in [3.63, 3.8) is 0 Å². The first-order chi connectivity index (χ1) is 11.5. The molecule has 0 radical (unpaired) electrons. The molecule has 6 nitrogen and oxygen atoms in total. The quantitative estimate of drug-likeness (QED) is 0.796. The first-order valence-electron chi connectivity index (χ1n) is 9.04. The summed E-state index contributed by atoms with van der Waals surface area (Å²) in [6.45, 7) is 10.1. The van der Waals surface area contributed by atoms with Gasteiger partial charge in [-0.1, -0.05) is 13.8 Å². The molecule has 1 aliphatic rings. The van der Waals surface area contributed by atoms with Gasteiger partial charge in [0.25, 0.3) is 0 Å². The number of piperidine rings is 1. The van der Waals surface area contributed by atoms with Gasteiger partial charge >= 0.3 is 0 Å². The second-order valence-corrected chi connectivity index (χ2v) is 7.15. The van der Waals surface area contributed by atoms with Gasteiger partial charge in [-0.05, 0) is 45.2 Å². The van der Waals surface area contributed by atoms with Crippen LogP contribution in [0.25, 0.3) is 5.65 Å². The Morgan fingerprint density at radius 1 is 1.38 bits per heavy atom. The number of aromatic nitrogens is 3. The van der Waals surface area contributed by atoms with Crippen LogP contribution in [0, 0.1) is 6.92 Å². The van der Waals surface area contributed by atoms with E-state index in [4.69, 9.17) is 4.98 Å². The van der Waals surface area contributed by atoms with Crippen molar-refractivity contribution in [1.29, 1.82) is 0 Å². The third-order valence-electron chi connectivity index (χ3n) is 4.60. The molecule has 0 aromatic carbocycles. The lowest BCUT2D eigenvalue weighted by atomic mass is 10.1. The predicted octanol–water partition coefficient (Wildman–Crippen LogP) is 2.42. The average Bonchev–Trinajstić information content (AvgIpc) is 2.91. The van der Waals surface area contributed by atoms with Gasteiger partial charge < -0.3 is 15.3 Å². The van der Waals surface area contributed by atoms with Gasteiger partial charge in [0.1, 0.15) is 5.82 Å². The molecule has 0 aliphatic carbocycles. The van der Waals surface area contributed by atoms with Crippen molar-refractivity contribution in [3.8, 4) is 0 Å². The van der Waals surface area contributed by atoms with Crippen LogP contribution in [0.3, 0.4) is 0 Å². The average molecular weight is 331 g/mol. The Balaban J connectivity index is 1.61. The van der Waals surface area contributed by atoms with Crippen LogP contribution in [0.4, 0.5) is 5.82 Å². The Kier molecular flexibility index (Phi) is 5.36. The molecular formula is C18H29N5O. The largest absolute Gasteiger partial charge is 0.392 e. The van der Waals surface area contributed by atoms with Crippen molar-refractivity contribution in [2.45, 2.75) is 52.1 Å². The first-order valence-corrected chi connectivity index (χ1v) is 9.04. The van der Waals surface area contributed by atoms with Crippen molar-refractivity contribution in [3.05, 3.63) is 23.5 Å². The van der Waals surface area contributed by atoms with Crippen molar-refractivity contribution in [2.24, 2.45) is 0 Å². The number of aryl methyl sites for hydroxylation is 1. The van der Waals surface area contributed by atoms with E-state index in [0.717, 1.165) is 68.3 Å². The smallest absolute Gasteiger partial charge is 0.157 e. The lowest BCUT2D eigenvalue weighted by molar-refractivity contribution is 0.0706. The Morgan fingerprint density at radius 2 is 2.21 bits per heavy atom. The van der Waals surface area contributed by atoms with E-state index in [9.17, 15) is 5.11 Å². The van der Waals surface area contributed by atoms with Crippen LogP contribution in [0.1, 0.15) is 50.4 Å². The molecule has 2 aromatic rings. The number of rotatable bonds is 6. The molecular weight excluding hydrogens is 302 g/mol. The van der Waals surface area contributed by atoms with Crippen LogP contribution in [0.5, 0.6) is 0 Å². The lowest BCUT2D eigenvalue weighted by Gasteiger charge is -2.29. The van der Waals surface area contributed by atoms with Gasteiger partial charge in [-0.25, -0.2) is 4.98 Å². The lowest BCUT2D eigenvalue weighted by Crippen LogP contribution is -2.39. The maximum Gasteiger partial charge on any atom is 0.157 e. The SMILES string of the molecule is Cc1cc2nc(C(C)C)cc(NCCCN3CCCC(O)C3)n2n1. The maximum absolute atomic E-state index is 9.74. The minimum absolute atomic E-state index is 0.146. The molecule has 132 valence electrons. The van der Waals surface area contributed by atoms with Crippen LogP contribution in [0.2, 0.25) is 0 Å². The van der Waals surface area contributed by atoms with Crippen LogP contribution in [-0.2, 0) is 0 Å². The summed E-state index contributed by atoms with van der Waals surface area (Å²) in [6, 6.07) is 4.13. The summed E-state index contributed by atoms with van der Waals surface area (Å²) in [7, 11) is 0. The van der Waals surface area contributed by atoms with E-state index >= 15 is 0 Å². The van der Waals surface area contributed by atoms with E-state index in [1.165, 1.54) is 0 Å². The van der Waals surface area contributed by atoms with E-state index < -0.39 is 0 Å². The van der Waals surface area contributed by atoms with E-state index in [-0.39, 0.29) is 6.10 Å². The van der Waals surface area contributed by atoms with Gasteiger partial charge in [0.05, 0.1) is 11.8 Å². The number of aliphatic hydroxyl groups excluding tert-OH is 1. The maximum atomic E-state index is 9.74. The molecule has 2 aromatic heterocycles. The molecule has 1 fully saturated rings. The number of hydrogen-bond acceptors (Lipinski definition) is 5. The normalized spacial score (nSPS) is 19.3. The summed E-state index contributed by atoms with van der Waals surface area (Å²) in [6.07, 6.45) is 2.95. The zero-order valence-electron chi connectivity index (χ0n) is 15.0. The Morgan fingerprint density at radius 3 is 2.96 bits per heavy atom. The Bertz CT molecular complexity index is 681. The predicted molar refractivity (Wildman–Crippen MR) is 96.6 cm³/mol. The summed E-state index contributed by atoms with van der Waals surface area (Å²) in [4.78, 5) is 7.05. The van der Waals surface area contributed by atoms with E-state index in [1.54, 1.807) is 0 Å². The molecule has 1 saturated heterocycles. The van der Waals surface area contributed by atoms with Crippen LogP contribution < -0.4 is 5.32 Å². The van der Waals surface area contributed by atoms with E-state index in [0.29, 0.717) is 5.92 Å². The fraction of sp³-hybridized carbons (Fsp3) is 0.667. The minimum atomic E-state index is -0.146. The molecule has 6 heteroatoms. The Hall–Kier alpha value is -1.66. The van der Waals surface area contributed by atoms with Crippen molar-refractivity contribution < 1.29 is 5.11 Å². The van der Waals surface area contributed by atoms with Gasteiger partial charge in [0, 0.05) is 30.9 Å². The fourth-order valence-corrected chi connectivity index (χ4v) is 3.28. The number of nitrogens with zero attached hydrogens (tertiary/aromatic N) is 4. The van der Waals surface area contributed by atoms with Crippen molar-refractivity contribution in [2.75, 3.05) is 31.5 Å². The van der Waals surface area contributed by atoms with Crippen molar-refractivity contribution in [1.82, 2.24) is 19.5 Å². The standard InChI is InChI=1S/C18H29N5O/c1-13(2)16-11-17(23-18(20-16)10-14(3)21-23)19-7-5-9-22-8-4-6-15(24)12-22/h10-11,13,15,19,24H,4-9,12H2,1-3H3. The number of hydrogen-bond donors (Lipinski definition) is 2. The van der Waals surface area contributed by atoms with Gasteiger partial charge in [-0.15, -0.1) is 0 Å². The molecule has 1 aliphatic heterocycles. The summed E-state index contributed by atoms with van der Waals surface area (Å²) in [5.41, 5.74) is 2.97. The molecule has 2 N–H and O–H groups in total. The van der Waals surface area contributed by atoms with Crippen LogP contribution in [-0.4, -0.2) is 56.9 Å². The molecule has 1 atom stereocenters. The highest BCUT2D eigenvalue weighted by atomic mass is 16.3. The van der Waals surface area contributed by atoms with Crippen molar-refractivity contribution >= 4 is 11.5 Å². The highest BCUT2D eigenvalue weighted by molar-refractivity contribution is 5.50. The number of β-amino-alcohol motifs (C(OH)–C–C–N with tert-alkyl or cyclic N) is 1. The molecule has 0 amide bonds. The first kappa shape index (κ1) is 17.2. The highest BCUT2D eigenvalue weighted by Gasteiger charge is 2.17. The topological polar surface area (TPSA) is 65.7 Å². The summed E-state index contributed by atoms with van der Waals surface area (Å²) in [5.74, 6) is 1.40. The van der Waals surface area contributed by atoms with Crippen LogP contribution in [0.15, 0.2) is 12.1 Å². The van der Waals surface area contributed by atoms with Gasteiger partial charge in [0.2, 0.25) is 0 Å². The molecule has 0 saturated carbocycles. The zero-order valence-corrected chi connectivity index (χ0v) is 15.0. The zero-order chi connectivity index (χ0) is 17.1. The van der Waals surface area contributed by atoms with Gasteiger partial charge in [-0.2, -0.15) is 9.61 Å². The number of likely N-dealkylation sites (tertiary alicyclic amines) is 1. The minimum Gasteiger partial charge on any atom is -0.392 e. The molecule has 3 rings (SSSR count). The number of fused-ring (bicyclic) bond motifs is 1. The summed E-state index contributed by atoms with van der Waals surface area (Å²) >= 11 is 0. The number of nitrogens with one attached hydrogen (secondary N) is 1. The molecule has 24 heavy (non-hydrogen) atoms. The number of anilines is 1. The van der Waals surface area contributed by atoms with E-state index in [2.05, 4.69) is 35.2 Å². The summed E-state index contributed by atoms with van der Waals surface area (Å²) < 4.78 is 1.89. The molecule has 0 spiro atoms. The molecule has 1 unspecified atom stereocenters. The third kappa shape index (κ3) is 4.05. The van der Waals surface area contributed by atoms with Gasteiger partial charge in [0.15, 0.2) is 5.65 Å².